The van der Waals surface area contributed by atoms with Gasteiger partial charge in [-0.2, -0.15) is 0 Å². The molecule has 0 saturated carbocycles. The standard InChI is InChI=1S/C18H14Cl2N2O2S/c19-12-1-2-13-10(5-12)3-4-24-17(13)11-6-15(25-8-11)16(23)14-7-21-9-22-18(14)20/h1-2,5-9,16-17,23H,3-4H2. The second-order valence-electron chi connectivity index (χ2n) is 5.80. The molecule has 1 aliphatic rings. The van der Waals surface area contributed by atoms with Gasteiger partial charge in [0.25, 0.3) is 0 Å². The van der Waals surface area contributed by atoms with E-state index in [4.69, 9.17) is 27.9 Å². The van der Waals surface area contributed by atoms with Crippen molar-refractivity contribution in [1.82, 2.24) is 9.97 Å². The Bertz CT molecular complexity index is 916. The molecule has 0 spiro atoms. The number of benzene rings is 1. The maximum atomic E-state index is 10.6. The summed E-state index contributed by atoms with van der Waals surface area (Å²) in [6.07, 6.45) is 2.73. The average molecular weight is 393 g/mol. The van der Waals surface area contributed by atoms with Crippen LogP contribution in [0.2, 0.25) is 10.2 Å². The van der Waals surface area contributed by atoms with Gasteiger partial charge < -0.3 is 9.84 Å². The molecule has 2 atom stereocenters. The van der Waals surface area contributed by atoms with Gasteiger partial charge in [-0.15, -0.1) is 11.3 Å². The van der Waals surface area contributed by atoms with Crippen molar-refractivity contribution in [3.05, 3.63) is 79.5 Å². The number of ether oxygens (including phenoxy) is 1. The van der Waals surface area contributed by atoms with E-state index in [-0.39, 0.29) is 11.3 Å². The lowest BCUT2D eigenvalue weighted by Gasteiger charge is -2.25. The van der Waals surface area contributed by atoms with E-state index < -0.39 is 6.10 Å². The van der Waals surface area contributed by atoms with Crippen LogP contribution in [0.25, 0.3) is 0 Å². The van der Waals surface area contributed by atoms with Crippen molar-refractivity contribution >= 4 is 34.5 Å². The van der Waals surface area contributed by atoms with Crippen molar-refractivity contribution in [3.8, 4) is 0 Å². The van der Waals surface area contributed by atoms with Crippen LogP contribution in [0.15, 0.2) is 42.2 Å². The molecule has 1 aliphatic heterocycles. The van der Waals surface area contributed by atoms with Crippen LogP contribution in [0, 0.1) is 0 Å². The minimum Gasteiger partial charge on any atom is -0.383 e. The fourth-order valence-corrected chi connectivity index (χ4v) is 4.32. The van der Waals surface area contributed by atoms with Crippen molar-refractivity contribution in [2.24, 2.45) is 0 Å². The minimum absolute atomic E-state index is 0.152. The van der Waals surface area contributed by atoms with E-state index in [0.717, 1.165) is 27.4 Å². The Morgan fingerprint density at radius 2 is 2.16 bits per heavy atom. The van der Waals surface area contributed by atoms with Gasteiger partial charge in [0.1, 0.15) is 23.7 Å². The van der Waals surface area contributed by atoms with E-state index in [9.17, 15) is 5.11 Å². The number of rotatable bonds is 3. The molecule has 7 heteroatoms. The molecule has 0 radical (unpaired) electrons. The summed E-state index contributed by atoms with van der Waals surface area (Å²) in [5.74, 6) is 0. The molecule has 1 N–H and O–H groups in total. The summed E-state index contributed by atoms with van der Waals surface area (Å²) in [5.41, 5.74) is 3.83. The van der Waals surface area contributed by atoms with Crippen LogP contribution in [0.5, 0.6) is 0 Å². The van der Waals surface area contributed by atoms with Gasteiger partial charge in [-0.1, -0.05) is 29.3 Å². The number of thiophene rings is 1. The van der Waals surface area contributed by atoms with Crippen LogP contribution in [0.1, 0.15) is 39.3 Å². The molecule has 4 rings (SSSR count). The fourth-order valence-electron chi connectivity index (χ4n) is 3.01. The summed E-state index contributed by atoms with van der Waals surface area (Å²) >= 11 is 13.6. The van der Waals surface area contributed by atoms with E-state index in [1.807, 2.05) is 29.6 Å². The Hall–Kier alpha value is -1.50. The van der Waals surface area contributed by atoms with E-state index in [0.29, 0.717) is 12.2 Å². The SMILES string of the molecule is OC(c1cc(C2OCCc3cc(Cl)ccc32)cs1)c1cncnc1Cl. The largest absolute Gasteiger partial charge is 0.383 e. The number of halogens is 2. The number of aliphatic hydroxyl groups excluding tert-OH is 1. The molecule has 2 aromatic heterocycles. The molecule has 0 amide bonds. The van der Waals surface area contributed by atoms with Crippen LogP contribution in [-0.4, -0.2) is 21.7 Å². The first kappa shape index (κ1) is 16.9. The molecule has 1 aromatic carbocycles. The topological polar surface area (TPSA) is 55.2 Å². The fraction of sp³-hybridized carbons (Fsp3) is 0.222. The molecule has 0 aliphatic carbocycles. The van der Waals surface area contributed by atoms with Crippen LogP contribution in [0.4, 0.5) is 0 Å². The number of hydrogen-bond donors (Lipinski definition) is 1. The van der Waals surface area contributed by atoms with Gasteiger partial charge in [0.2, 0.25) is 0 Å². The van der Waals surface area contributed by atoms with Gasteiger partial charge in [-0.3, -0.25) is 0 Å². The second kappa shape index (κ2) is 7.02. The van der Waals surface area contributed by atoms with Gasteiger partial charge in [0, 0.05) is 21.7 Å². The Balaban J connectivity index is 1.66. The molecule has 0 saturated heterocycles. The summed E-state index contributed by atoms with van der Waals surface area (Å²) in [5, 5.41) is 13.6. The highest BCUT2D eigenvalue weighted by Gasteiger charge is 2.25. The highest BCUT2D eigenvalue weighted by Crippen LogP contribution is 2.38. The Labute approximate surface area is 159 Å². The number of aliphatic hydroxyl groups is 1. The van der Waals surface area contributed by atoms with Crippen LogP contribution in [0.3, 0.4) is 0 Å². The summed E-state index contributed by atoms with van der Waals surface area (Å²) in [7, 11) is 0. The second-order valence-corrected chi connectivity index (χ2v) is 7.54. The van der Waals surface area contributed by atoms with Gasteiger partial charge in [-0.05, 0) is 46.7 Å². The van der Waals surface area contributed by atoms with Crippen molar-refractivity contribution < 1.29 is 9.84 Å². The van der Waals surface area contributed by atoms with E-state index in [1.165, 1.54) is 29.4 Å². The highest BCUT2D eigenvalue weighted by atomic mass is 35.5. The van der Waals surface area contributed by atoms with E-state index >= 15 is 0 Å². The van der Waals surface area contributed by atoms with E-state index in [2.05, 4.69) is 9.97 Å². The van der Waals surface area contributed by atoms with Gasteiger partial charge in [0.05, 0.1) is 6.61 Å². The molecule has 25 heavy (non-hydrogen) atoms. The van der Waals surface area contributed by atoms with Crippen molar-refractivity contribution in [3.63, 3.8) is 0 Å². The zero-order chi connectivity index (χ0) is 17.4. The third-order valence-corrected chi connectivity index (χ3v) is 5.79. The Morgan fingerprint density at radius 1 is 1.28 bits per heavy atom. The molecule has 128 valence electrons. The molecule has 3 heterocycles. The summed E-state index contributed by atoms with van der Waals surface area (Å²) in [4.78, 5) is 8.64. The molecule has 0 bridgehead atoms. The molecular weight excluding hydrogens is 379 g/mol. The van der Waals surface area contributed by atoms with Gasteiger partial charge >= 0.3 is 0 Å². The number of nitrogens with zero attached hydrogens (tertiary/aromatic N) is 2. The first-order valence-corrected chi connectivity index (χ1v) is 9.39. The first-order chi connectivity index (χ1) is 12.1. The number of fused-ring (bicyclic) bond motifs is 1. The van der Waals surface area contributed by atoms with E-state index in [1.54, 1.807) is 0 Å². The highest BCUT2D eigenvalue weighted by molar-refractivity contribution is 7.10. The lowest BCUT2D eigenvalue weighted by molar-refractivity contribution is 0.0700. The monoisotopic (exact) mass is 392 g/mol. The molecule has 2 unspecified atom stereocenters. The molecular formula is C18H14Cl2N2O2S. The lowest BCUT2D eigenvalue weighted by Crippen LogP contribution is -2.16. The third-order valence-electron chi connectivity index (χ3n) is 4.24. The molecule has 0 fully saturated rings. The number of aromatic nitrogens is 2. The van der Waals surface area contributed by atoms with Crippen molar-refractivity contribution in [2.75, 3.05) is 6.61 Å². The van der Waals surface area contributed by atoms with Gasteiger partial charge in [-0.25, -0.2) is 9.97 Å². The first-order valence-electron chi connectivity index (χ1n) is 7.75. The Kier molecular flexibility index (Phi) is 4.75. The lowest BCUT2D eigenvalue weighted by atomic mass is 9.94. The predicted molar refractivity (Wildman–Crippen MR) is 98.4 cm³/mol. The van der Waals surface area contributed by atoms with Crippen LogP contribution >= 0.6 is 34.5 Å². The Morgan fingerprint density at radius 3 is 3.00 bits per heavy atom. The molecule has 3 aromatic rings. The maximum Gasteiger partial charge on any atom is 0.138 e. The van der Waals surface area contributed by atoms with Gasteiger partial charge in [0.15, 0.2) is 0 Å². The number of hydrogen-bond acceptors (Lipinski definition) is 5. The average Bonchev–Trinajstić information content (AvgIpc) is 3.10. The van der Waals surface area contributed by atoms with Crippen LogP contribution in [-0.2, 0) is 11.2 Å². The summed E-state index contributed by atoms with van der Waals surface area (Å²) < 4.78 is 5.98. The summed E-state index contributed by atoms with van der Waals surface area (Å²) in [6, 6.07) is 7.84. The minimum atomic E-state index is -0.860. The quantitative estimate of drug-likeness (QED) is 0.662. The zero-order valence-corrected chi connectivity index (χ0v) is 15.4. The predicted octanol–water partition coefficient (Wildman–Crippen LogP) is 4.59. The summed E-state index contributed by atoms with van der Waals surface area (Å²) in [6.45, 7) is 0.643. The smallest absolute Gasteiger partial charge is 0.138 e. The third kappa shape index (κ3) is 3.30. The zero-order valence-electron chi connectivity index (χ0n) is 13.0. The van der Waals surface area contributed by atoms with Crippen molar-refractivity contribution in [2.45, 2.75) is 18.6 Å². The molecule has 4 nitrogen and oxygen atoms in total. The van der Waals surface area contributed by atoms with Crippen LogP contribution < -0.4 is 0 Å². The van der Waals surface area contributed by atoms with Crippen molar-refractivity contribution in [1.29, 1.82) is 0 Å². The maximum absolute atomic E-state index is 10.6. The normalized spacial score (nSPS) is 18.0.